The van der Waals surface area contributed by atoms with Gasteiger partial charge in [0.1, 0.15) is 18.7 Å². The van der Waals surface area contributed by atoms with Crippen LogP contribution >= 0.6 is 0 Å². The molecule has 1 aliphatic heterocycles. The number of rotatable bonds is 11. The number of aliphatic hydroxyl groups is 1. The van der Waals surface area contributed by atoms with Gasteiger partial charge in [-0.25, -0.2) is 9.37 Å². The van der Waals surface area contributed by atoms with Crippen molar-refractivity contribution in [2.24, 2.45) is 0 Å². The van der Waals surface area contributed by atoms with E-state index in [-0.39, 0.29) is 24.5 Å². The van der Waals surface area contributed by atoms with Gasteiger partial charge in [0.2, 0.25) is 0 Å². The van der Waals surface area contributed by atoms with Crippen molar-refractivity contribution in [1.29, 1.82) is 0 Å². The van der Waals surface area contributed by atoms with E-state index in [2.05, 4.69) is 5.32 Å². The number of fused-ring (bicyclic) bond motifs is 2. The molecule has 0 saturated heterocycles. The number of aromatic nitrogens is 1. The van der Waals surface area contributed by atoms with Gasteiger partial charge in [0, 0.05) is 42.2 Å². The number of halogens is 1. The number of aliphatic hydroxyl groups excluding tert-OH is 1. The fourth-order valence-corrected chi connectivity index (χ4v) is 4.64. The summed E-state index contributed by atoms with van der Waals surface area (Å²) in [5.74, 6) is -0.304. The molecule has 4 rings (SSSR count). The molecule has 2 aromatic rings. The zero-order chi connectivity index (χ0) is 25.1. The molecule has 2 heterocycles. The summed E-state index contributed by atoms with van der Waals surface area (Å²) in [4.78, 5) is 29.2. The SMILES string of the molecule is Cc1cc2c(CCCNC3CC3)c3c(nc2cc1F)/C(=C/C(=C(\C=O)COC=O)C(C)O)N(C)C3. The maximum atomic E-state index is 14.5. The number of aryl methyl sites for hydroxylation is 2. The number of benzene rings is 1. The van der Waals surface area contributed by atoms with Crippen molar-refractivity contribution in [2.75, 3.05) is 20.2 Å². The molecule has 1 aromatic heterocycles. The number of ether oxygens (including phenoxy) is 1. The minimum absolute atomic E-state index is 0.176. The number of nitrogens with one attached hydrogen (secondary N) is 1. The first kappa shape index (κ1) is 25.0. The smallest absolute Gasteiger partial charge is 0.293 e. The summed E-state index contributed by atoms with van der Waals surface area (Å²) in [6.45, 7) is 4.89. The summed E-state index contributed by atoms with van der Waals surface area (Å²) < 4.78 is 19.3. The zero-order valence-corrected chi connectivity index (χ0v) is 20.4. The van der Waals surface area contributed by atoms with E-state index < -0.39 is 6.10 Å². The van der Waals surface area contributed by atoms with Crippen molar-refractivity contribution in [3.05, 3.63) is 57.6 Å². The molecular weight excluding hydrogens is 449 g/mol. The molecule has 1 aromatic carbocycles. The van der Waals surface area contributed by atoms with Crippen LogP contribution in [0.2, 0.25) is 0 Å². The van der Waals surface area contributed by atoms with Crippen LogP contribution in [0.25, 0.3) is 16.6 Å². The molecule has 2 aliphatic rings. The molecule has 7 nitrogen and oxygen atoms in total. The highest BCUT2D eigenvalue weighted by atomic mass is 19.1. The van der Waals surface area contributed by atoms with Gasteiger partial charge >= 0.3 is 0 Å². The monoisotopic (exact) mass is 481 g/mol. The largest absolute Gasteiger partial charge is 0.463 e. The normalized spacial score (nSPS) is 18.0. The van der Waals surface area contributed by atoms with Gasteiger partial charge in [-0.1, -0.05) is 0 Å². The Balaban J connectivity index is 1.81. The van der Waals surface area contributed by atoms with E-state index in [1.807, 2.05) is 18.0 Å². The summed E-state index contributed by atoms with van der Waals surface area (Å²) in [5, 5.41) is 14.9. The third-order valence-electron chi connectivity index (χ3n) is 6.71. The van der Waals surface area contributed by atoms with E-state index in [1.54, 1.807) is 19.9 Å². The number of hydrogen-bond acceptors (Lipinski definition) is 7. The Kier molecular flexibility index (Phi) is 7.62. The molecular formula is C27H32FN3O4. The average molecular weight is 482 g/mol. The second-order valence-corrected chi connectivity index (χ2v) is 9.44. The third kappa shape index (κ3) is 5.44. The van der Waals surface area contributed by atoms with Crippen molar-refractivity contribution in [2.45, 2.75) is 58.2 Å². The molecule has 0 spiro atoms. The van der Waals surface area contributed by atoms with Crippen molar-refractivity contribution in [3.63, 3.8) is 0 Å². The average Bonchev–Trinajstić information content (AvgIpc) is 3.60. The molecule has 1 saturated carbocycles. The first-order chi connectivity index (χ1) is 16.8. The fourth-order valence-electron chi connectivity index (χ4n) is 4.64. The highest BCUT2D eigenvalue weighted by Gasteiger charge is 2.28. The lowest BCUT2D eigenvalue weighted by Gasteiger charge is -2.16. The summed E-state index contributed by atoms with van der Waals surface area (Å²) in [6.07, 6.45) is 5.61. The first-order valence-corrected chi connectivity index (χ1v) is 12.0. The minimum Gasteiger partial charge on any atom is -0.463 e. The van der Waals surface area contributed by atoms with Crippen LogP contribution in [-0.4, -0.2) is 60.1 Å². The Hall–Kier alpha value is -3.10. The van der Waals surface area contributed by atoms with Gasteiger partial charge in [-0.2, -0.15) is 0 Å². The van der Waals surface area contributed by atoms with Crippen LogP contribution in [0.4, 0.5) is 4.39 Å². The van der Waals surface area contributed by atoms with Crippen LogP contribution in [0.15, 0.2) is 29.4 Å². The van der Waals surface area contributed by atoms with E-state index in [4.69, 9.17) is 9.72 Å². The van der Waals surface area contributed by atoms with E-state index in [0.29, 0.717) is 41.2 Å². The Labute approximate surface area is 204 Å². The molecule has 8 heteroatoms. The molecule has 1 unspecified atom stereocenters. The lowest BCUT2D eigenvalue weighted by atomic mass is 9.95. The second kappa shape index (κ2) is 10.7. The maximum Gasteiger partial charge on any atom is 0.293 e. The highest BCUT2D eigenvalue weighted by Crippen LogP contribution is 2.38. The number of nitrogens with zero attached hydrogens (tertiary/aromatic N) is 2. The van der Waals surface area contributed by atoms with E-state index >= 15 is 0 Å². The van der Waals surface area contributed by atoms with Crippen LogP contribution in [-0.2, 0) is 27.3 Å². The first-order valence-electron chi connectivity index (χ1n) is 12.0. The van der Waals surface area contributed by atoms with Gasteiger partial charge < -0.3 is 20.1 Å². The predicted octanol–water partition coefficient (Wildman–Crippen LogP) is 3.20. The summed E-state index contributed by atoms with van der Waals surface area (Å²) in [6, 6.07) is 4.01. The second-order valence-electron chi connectivity index (χ2n) is 9.44. The number of hydrogen-bond donors (Lipinski definition) is 2. The molecule has 186 valence electrons. The van der Waals surface area contributed by atoms with Crippen molar-refractivity contribution in [3.8, 4) is 0 Å². The predicted molar refractivity (Wildman–Crippen MR) is 132 cm³/mol. The maximum absolute atomic E-state index is 14.5. The lowest BCUT2D eigenvalue weighted by molar-refractivity contribution is -0.128. The Bertz CT molecular complexity index is 1200. The standard InChI is InChI=1S/C27H32FN3O4/c1-16-9-22-20(5-4-8-29-19-6-7-19)23-12-31(3)26(27(23)30-25(22)11-24(16)28)10-21(17(2)34)18(13-32)14-35-15-33/h9-11,13,15,17,19,29,34H,4-8,12,14H2,1-3H3/b21-18-,26-10-. The minimum atomic E-state index is -0.969. The number of aldehydes is 1. The Morgan fingerprint density at radius 3 is 2.80 bits per heavy atom. The van der Waals surface area contributed by atoms with Crippen molar-refractivity contribution >= 4 is 29.4 Å². The van der Waals surface area contributed by atoms with Gasteiger partial charge in [-0.05, 0) is 74.9 Å². The van der Waals surface area contributed by atoms with Crippen LogP contribution in [0, 0.1) is 12.7 Å². The quantitative estimate of drug-likeness (QED) is 0.289. The van der Waals surface area contributed by atoms with Crippen molar-refractivity contribution in [1.82, 2.24) is 15.2 Å². The fraction of sp³-hybridized carbons (Fsp3) is 0.444. The molecule has 35 heavy (non-hydrogen) atoms. The van der Waals surface area contributed by atoms with Crippen molar-refractivity contribution < 1.29 is 23.8 Å². The molecule has 1 fully saturated rings. The van der Waals surface area contributed by atoms with Gasteiger partial charge in [-0.15, -0.1) is 0 Å². The summed E-state index contributed by atoms with van der Waals surface area (Å²) in [7, 11) is 1.92. The van der Waals surface area contributed by atoms with E-state index in [9.17, 15) is 19.1 Å². The number of carbonyl (C=O) groups excluding carboxylic acids is 2. The van der Waals surface area contributed by atoms with E-state index in [0.717, 1.165) is 41.6 Å². The highest BCUT2D eigenvalue weighted by molar-refractivity contribution is 5.89. The van der Waals surface area contributed by atoms with Crippen LogP contribution in [0.1, 0.15) is 48.6 Å². The van der Waals surface area contributed by atoms with Gasteiger partial charge in [-0.3, -0.25) is 9.59 Å². The molecule has 1 aliphatic carbocycles. The van der Waals surface area contributed by atoms with Gasteiger partial charge in [0.15, 0.2) is 0 Å². The number of carbonyl (C=O) groups is 2. The molecule has 0 bridgehead atoms. The van der Waals surface area contributed by atoms with Crippen LogP contribution in [0.5, 0.6) is 0 Å². The van der Waals surface area contributed by atoms with E-state index in [1.165, 1.54) is 18.9 Å². The zero-order valence-electron chi connectivity index (χ0n) is 20.4. The molecule has 2 N–H and O–H groups in total. The summed E-state index contributed by atoms with van der Waals surface area (Å²) >= 11 is 0. The van der Waals surface area contributed by atoms with Crippen LogP contribution < -0.4 is 5.32 Å². The summed E-state index contributed by atoms with van der Waals surface area (Å²) in [5.41, 5.74) is 5.37. The lowest BCUT2D eigenvalue weighted by Crippen LogP contribution is -2.18. The van der Waals surface area contributed by atoms with Crippen LogP contribution in [0.3, 0.4) is 0 Å². The topological polar surface area (TPSA) is 91.8 Å². The van der Waals surface area contributed by atoms with Gasteiger partial charge in [0.25, 0.3) is 6.47 Å². The molecule has 0 amide bonds. The Morgan fingerprint density at radius 1 is 1.37 bits per heavy atom. The number of pyridine rings is 1. The van der Waals surface area contributed by atoms with Gasteiger partial charge in [0.05, 0.1) is 23.0 Å². The third-order valence-corrected chi connectivity index (χ3v) is 6.71. The molecule has 1 atom stereocenters. The Morgan fingerprint density at radius 2 is 2.14 bits per heavy atom. The molecule has 0 radical (unpaired) electrons.